The molecular weight excluding hydrogens is 204 g/mol. The van der Waals surface area contributed by atoms with E-state index in [4.69, 9.17) is 5.11 Å². The van der Waals surface area contributed by atoms with E-state index in [2.05, 4.69) is 5.32 Å². The smallest absolute Gasteiger partial charge is 0.303 e. The third kappa shape index (κ3) is 3.93. The van der Waals surface area contributed by atoms with Crippen molar-refractivity contribution < 1.29 is 18.7 Å². The molecule has 0 fully saturated rings. The van der Waals surface area contributed by atoms with Crippen molar-refractivity contribution in [2.45, 2.75) is 12.8 Å². The Kier molecular flexibility index (Phi) is 4.03. The zero-order valence-corrected chi connectivity index (χ0v) is 7.96. The number of carboxylic acids is 1. The molecule has 0 atom stereocenters. The maximum atomic E-state index is 13.0. The molecule has 0 saturated carbocycles. The van der Waals surface area contributed by atoms with E-state index in [1.54, 1.807) is 0 Å². The summed E-state index contributed by atoms with van der Waals surface area (Å²) in [5.74, 6) is -1.99. The number of anilines is 1. The molecule has 15 heavy (non-hydrogen) atoms. The Bertz CT molecular complexity index is 355. The van der Waals surface area contributed by atoms with Crippen LogP contribution < -0.4 is 5.32 Å². The van der Waals surface area contributed by atoms with Crippen LogP contribution >= 0.6 is 0 Å². The second-order valence-corrected chi connectivity index (χ2v) is 3.05. The van der Waals surface area contributed by atoms with E-state index in [9.17, 15) is 13.6 Å². The summed E-state index contributed by atoms with van der Waals surface area (Å²) in [6.45, 7) is 0.298. The summed E-state index contributed by atoms with van der Waals surface area (Å²) in [4.78, 5) is 10.2. The normalized spacial score (nSPS) is 10.0. The molecule has 1 rings (SSSR count). The molecule has 0 aliphatic heterocycles. The number of nitrogens with one attached hydrogen (secondary N) is 1. The number of aliphatic carboxylic acids is 1. The standard InChI is InChI=1S/C10H11F2NO2/c11-7-3-4-8(12)9(6-7)13-5-1-2-10(14)15/h3-4,6,13H,1-2,5H2,(H,14,15). The number of carbonyl (C=O) groups is 1. The van der Waals surface area contributed by atoms with Crippen molar-refractivity contribution in [3.05, 3.63) is 29.8 Å². The minimum Gasteiger partial charge on any atom is -0.481 e. The molecule has 0 aliphatic carbocycles. The van der Waals surface area contributed by atoms with Crippen LogP contribution in [0.5, 0.6) is 0 Å². The maximum Gasteiger partial charge on any atom is 0.303 e. The SMILES string of the molecule is O=C(O)CCCNc1cc(F)ccc1F. The molecule has 0 aromatic heterocycles. The molecule has 0 amide bonds. The summed E-state index contributed by atoms with van der Waals surface area (Å²) in [7, 11) is 0. The van der Waals surface area contributed by atoms with E-state index < -0.39 is 17.6 Å². The molecule has 1 aromatic rings. The molecule has 1 aromatic carbocycles. The molecule has 82 valence electrons. The van der Waals surface area contributed by atoms with E-state index in [1.165, 1.54) is 0 Å². The van der Waals surface area contributed by atoms with Gasteiger partial charge in [0.15, 0.2) is 0 Å². The van der Waals surface area contributed by atoms with Gasteiger partial charge in [-0.05, 0) is 24.6 Å². The van der Waals surface area contributed by atoms with Crippen molar-refractivity contribution in [3.63, 3.8) is 0 Å². The molecule has 5 heteroatoms. The largest absolute Gasteiger partial charge is 0.481 e. The lowest BCUT2D eigenvalue weighted by atomic mass is 10.2. The highest BCUT2D eigenvalue weighted by Gasteiger charge is 2.03. The van der Waals surface area contributed by atoms with Crippen molar-refractivity contribution in [2.24, 2.45) is 0 Å². The minimum atomic E-state index is -0.906. The Hall–Kier alpha value is -1.65. The summed E-state index contributed by atoms with van der Waals surface area (Å²) in [6, 6.07) is 3.09. The first kappa shape index (κ1) is 11.4. The van der Waals surface area contributed by atoms with Crippen molar-refractivity contribution in [3.8, 4) is 0 Å². The fraction of sp³-hybridized carbons (Fsp3) is 0.300. The Morgan fingerprint density at radius 3 is 2.80 bits per heavy atom. The molecule has 0 aliphatic rings. The van der Waals surface area contributed by atoms with Gasteiger partial charge in [-0.25, -0.2) is 8.78 Å². The lowest BCUT2D eigenvalue weighted by Gasteiger charge is -2.06. The third-order valence-electron chi connectivity index (χ3n) is 1.81. The first-order valence-corrected chi connectivity index (χ1v) is 4.50. The molecule has 0 radical (unpaired) electrons. The Balaban J connectivity index is 2.43. The van der Waals surface area contributed by atoms with Gasteiger partial charge in [0.2, 0.25) is 0 Å². The lowest BCUT2D eigenvalue weighted by Crippen LogP contribution is -2.06. The molecule has 3 nitrogen and oxygen atoms in total. The number of rotatable bonds is 5. The van der Waals surface area contributed by atoms with Gasteiger partial charge in [0.1, 0.15) is 11.6 Å². The van der Waals surface area contributed by atoms with Crippen LogP contribution in [-0.4, -0.2) is 17.6 Å². The van der Waals surface area contributed by atoms with Gasteiger partial charge in [0.05, 0.1) is 5.69 Å². The summed E-state index contributed by atoms with van der Waals surface area (Å²) >= 11 is 0. The van der Waals surface area contributed by atoms with Crippen molar-refractivity contribution in [2.75, 3.05) is 11.9 Å². The highest BCUT2D eigenvalue weighted by Crippen LogP contribution is 2.14. The zero-order chi connectivity index (χ0) is 11.3. The average Bonchev–Trinajstić information content (AvgIpc) is 2.17. The van der Waals surface area contributed by atoms with Crippen LogP contribution in [0.1, 0.15) is 12.8 Å². The van der Waals surface area contributed by atoms with Gasteiger partial charge < -0.3 is 10.4 Å². The third-order valence-corrected chi connectivity index (χ3v) is 1.81. The Labute approximate surface area is 85.7 Å². The fourth-order valence-electron chi connectivity index (χ4n) is 1.10. The van der Waals surface area contributed by atoms with E-state index in [-0.39, 0.29) is 12.1 Å². The van der Waals surface area contributed by atoms with Gasteiger partial charge in [-0.1, -0.05) is 0 Å². The maximum absolute atomic E-state index is 13.0. The van der Waals surface area contributed by atoms with Crippen LogP contribution in [0.4, 0.5) is 14.5 Å². The zero-order valence-electron chi connectivity index (χ0n) is 7.96. The van der Waals surface area contributed by atoms with Crippen molar-refractivity contribution in [1.82, 2.24) is 0 Å². The second kappa shape index (κ2) is 5.29. The summed E-state index contributed by atoms with van der Waals surface area (Å²) in [5.41, 5.74) is 0.0559. The van der Waals surface area contributed by atoms with Gasteiger partial charge in [0, 0.05) is 13.0 Å². The minimum absolute atomic E-state index is 0.00390. The highest BCUT2D eigenvalue weighted by molar-refractivity contribution is 5.66. The summed E-state index contributed by atoms with van der Waals surface area (Å²) in [5, 5.41) is 11.0. The predicted octanol–water partition coefficient (Wildman–Crippen LogP) is 2.24. The molecular formula is C10H11F2NO2. The highest BCUT2D eigenvalue weighted by atomic mass is 19.1. The van der Waals surface area contributed by atoms with E-state index >= 15 is 0 Å². The first-order chi connectivity index (χ1) is 7.09. The van der Waals surface area contributed by atoms with Crippen LogP contribution in [0.25, 0.3) is 0 Å². The molecule has 0 saturated heterocycles. The topological polar surface area (TPSA) is 49.3 Å². The van der Waals surface area contributed by atoms with Crippen LogP contribution in [-0.2, 0) is 4.79 Å². The van der Waals surface area contributed by atoms with Gasteiger partial charge in [-0.2, -0.15) is 0 Å². The second-order valence-electron chi connectivity index (χ2n) is 3.05. The number of benzene rings is 1. The molecule has 0 bridgehead atoms. The lowest BCUT2D eigenvalue weighted by molar-refractivity contribution is -0.137. The molecule has 0 heterocycles. The first-order valence-electron chi connectivity index (χ1n) is 4.50. The predicted molar refractivity (Wildman–Crippen MR) is 51.7 cm³/mol. The summed E-state index contributed by atoms with van der Waals surface area (Å²) < 4.78 is 25.7. The fourth-order valence-corrected chi connectivity index (χ4v) is 1.10. The number of hydrogen-bond acceptors (Lipinski definition) is 2. The number of halogens is 2. The number of carboxylic acid groups (broad SMARTS) is 1. The quantitative estimate of drug-likeness (QED) is 0.740. The van der Waals surface area contributed by atoms with Gasteiger partial charge in [-0.3, -0.25) is 4.79 Å². The number of hydrogen-bond donors (Lipinski definition) is 2. The summed E-state index contributed by atoms with van der Waals surface area (Å²) in [6.07, 6.45) is 0.370. The van der Waals surface area contributed by atoms with Crippen LogP contribution in [0.2, 0.25) is 0 Å². The van der Waals surface area contributed by atoms with Crippen molar-refractivity contribution >= 4 is 11.7 Å². The van der Waals surface area contributed by atoms with E-state index in [0.29, 0.717) is 13.0 Å². The Morgan fingerprint density at radius 1 is 1.40 bits per heavy atom. The monoisotopic (exact) mass is 215 g/mol. The molecule has 0 spiro atoms. The van der Waals surface area contributed by atoms with Gasteiger partial charge in [-0.15, -0.1) is 0 Å². The van der Waals surface area contributed by atoms with Crippen LogP contribution in [0.15, 0.2) is 18.2 Å². The van der Waals surface area contributed by atoms with Gasteiger partial charge >= 0.3 is 5.97 Å². The van der Waals surface area contributed by atoms with Crippen molar-refractivity contribution in [1.29, 1.82) is 0 Å². The van der Waals surface area contributed by atoms with E-state index in [0.717, 1.165) is 18.2 Å². The van der Waals surface area contributed by atoms with Crippen LogP contribution in [0, 0.1) is 11.6 Å². The molecule has 2 N–H and O–H groups in total. The Morgan fingerprint density at radius 2 is 2.13 bits per heavy atom. The van der Waals surface area contributed by atoms with Gasteiger partial charge in [0.25, 0.3) is 0 Å². The average molecular weight is 215 g/mol. The molecule has 0 unspecified atom stereocenters. The van der Waals surface area contributed by atoms with Crippen LogP contribution in [0.3, 0.4) is 0 Å². The van der Waals surface area contributed by atoms with E-state index in [1.807, 2.05) is 0 Å².